The molecule has 4 saturated heterocycles. The summed E-state index contributed by atoms with van der Waals surface area (Å²) in [6.07, 6.45) is 10.1. The molecule has 4 aliphatic rings. The van der Waals surface area contributed by atoms with Crippen molar-refractivity contribution < 1.29 is 12.3 Å². The number of anilines is 6. The fourth-order valence-electron chi connectivity index (χ4n) is 8.61. The standard InChI is InChI=1S/C23H27N5O.C22H26N6O.C2H6.2H2/c1-2-8-20-18(5-1)6-3-9-21(20)28-12-4-7-19(17-28)25-23-24-11-10-22(26-23)27-13-15-29-16-14-27;1-6-19-18(5-2-9-23-19)20(7-1)28-11-3-4-17(16-28)25-22-24-10-8-21(26-22)27-12-14-29-15-13-27;1-2;;/h1-3,5-6,8-11,19H,4,7,12-17H2,(H,24,25,26);1-2,5-10,17H,3-4,11-16H2,(H,24,25,26);1-2H3;2*1H/t19-;17-;;;/m11.../s1. The second-order valence-corrected chi connectivity index (χ2v) is 15.4. The fraction of sp³-hybridized carbons (Fsp3) is 0.426. The molecule has 2 N–H and O–H groups in total. The molecule has 3 aromatic heterocycles. The van der Waals surface area contributed by atoms with Crippen molar-refractivity contribution in [3.63, 3.8) is 0 Å². The average molecular weight is 814 g/mol. The lowest BCUT2D eigenvalue weighted by molar-refractivity contribution is 0.122. The summed E-state index contributed by atoms with van der Waals surface area (Å²) in [5, 5.41) is 11.0. The topological polar surface area (TPSA) is 120 Å². The second-order valence-electron chi connectivity index (χ2n) is 15.4. The number of rotatable bonds is 8. The zero-order valence-electron chi connectivity index (χ0n) is 35.1. The van der Waals surface area contributed by atoms with Crippen LogP contribution in [0, 0.1) is 0 Å². The van der Waals surface area contributed by atoms with E-state index in [-0.39, 0.29) is 2.85 Å². The van der Waals surface area contributed by atoms with Crippen molar-refractivity contribution in [2.24, 2.45) is 0 Å². The van der Waals surface area contributed by atoms with Gasteiger partial charge in [-0.3, -0.25) is 4.98 Å². The number of aromatic nitrogens is 5. The number of ether oxygens (including phenoxy) is 2. The van der Waals surface area contributed by atoms with E-state index in [9.17, 15) is 0 Å². The van der Waals surface area contributed by atoms with Gasteiger partial charge in [-0.15, -0.1) is 0 Å². The maximum Gasteiger partial charge on any atom is 0.224 e. The molecule has 13 heteroatoms. The van der Waals surface area contributed by atoms with Crippen molar-refractivity contribution in [1.82, 2.24) is 24.9 Å². The van der Waals surface area contributed by atoms with Crippen molar-refractivity contribution in [1.29, 1.82) is 0 Å². The summed E-state index contributed by atoms with van der Waals surface area (Å²) in [6.45, 7) is 14.6. The molecule has 6 aromatic rings. The summed E-state index contributed by atoms with van der Waals surface area (Å²) >= 11 is 0. The number of fused-ring (bicyclic) bond motifs is 2. The smallest absolute Gasteiger partial charge is 0.224 e. The van der Waals surface area contributed by atoms with Crippen LogP contribution in [-0.2, 0) is 9.47 Å². The number of benzene rings is 3. The highest BCUT2D eigenvalue weighted by Gasteiger charge is 2.24. The van der Waals surface area contributed by atoms with E-state index in [1.807, 2.05) is 50.6 Å². The van der Waals surface area contributed by atoms with Crippen LogP contribution in [0.5, 0.6) is 0 Å². The van der Waals surface area contributed by atoms with E-state index >= 15 is 0 Å². The lowest BCUT2D eigenvalue weighted by Gasteiger charge is -2.35. The number of nitrogens with zero attached hydrogens (tertiary/aromatic N) is 9. The molecular formula is C47H63N11O2. The van der Waals surface area contributed by atoms with Gasteiger partial charge in [0.25, 0.3) is 0 Å². The first-order valence-electron chi connectivity index (χ1n) is 21.9. The molecule has 0 aliphatic carbocycles. The summed E-state index contributed by atoms with van der Waals surface area (Å²) in [4.78, 5) is 32.4. The van der Waals surface area contributed by atoms with Crippen LogP contribution in [0.15, 0.2) is 104 Å². The van der Waals surface area contributed by atoms with Gasteiger partial charge in [-0.25, -0.2) is 9.97 Å². The Morgan fingerprint density at radius 3 is 1.63 bits per heavy atom. The maximum atomic E-state index is 5.45. The normalized spacial score (nSPS) is 19.5. The SMILES string of the molecule is CC.[HH].[HH].c1cc(N2CCC[C@@H](Nc3nccc(N4CCOCC4)n3)C2)c2cccnc2c1.c1ccc2c(N3CCC[C@@H](Nc4nccc(N5CCOCC5)n4)C3)cccc2c1. The molecule has 60 heavy (non-hydrogen) atoms. The van der Waals surface area contributed by atoms with Crippen molar-refractivity contribution >= 4 is 56.6 Å². The minimum absolute atomic E-state index is 0. The van der Waals surface area contributed by atoms with Gasteiger partial charge in [0.15, 0.2) is 0 Å². The molecule has 13 nitrogen and oxygen atoms in total. The summed E-state index contributed by atoms with van der Waals surface area (Å²) in [5.41, 5.74) is 3.62. The monoisotopic (exact) mass is 814 g/mol. The van der Waals surface area contributed by atoms with Crippen LogP contribution < -0.4 is 30.2 Å². The Labute approximate surface area is 357 Å². The molecule has 0 bridgehead atoms. The Morgan fingerprint density at radius 2 is 1.03 bits per heavy atom. The molecule has 0 saturated carbocycles. The van der Waals surface area contributed by atoms with E-state index in [1.54, 1.807) is 0 Å². The lowest BCUT2D eigenvalue weighted by Crippen LogP contribution is -2.42. The predicted octanol–water partition coefficient (Wildman–Crippen LogP) is 8.01. The van der Waals surface area contributed by atoms with Crippen molar-refractivity contribution in [2.75, 3.05) is 109 Å². The Morgan fingerprint density at radius 1 is 0.517 bits per heavy atom. The molecule has 10 rings (SSSR count). The second kappa shape index (κ2) is 20.5. The number of hydrogen-bond acceptors (Lipinski definition) is 13. The van der Waals surface area contributed by atoms with Crippen molar-refractivity contribution in [2.45, 2.75) is 51.6 Å². The number of nitrogens with one attached hydrogen (secondary N) is 2. The molecule has 0 spiro atoms. The van der Waals surface area contributed by atoms with Crippen LogP contribution >= 0.6 is 0 Å². The van der Waals surface area contributed by atoms with E-state index in [1.165, 1.54) is 27.5 Å². The highest BCUT2D eigenvalue weighted by molar-refractivity contribution is 5.94. The zero-order valence-corrected chi connectivity index (χ0v) is 35.1. The van der Waals surface area contributed by atoms with Crippen LogP contribution in [-0.4, -0.2) is 116 Å². The molecule has 2 atom stereocenters. The van der Waals surface area contributed by atoms with E-state index < -0.39 is 0 Å². The summed E-state index contributed by atoms with van der Waals surface area (Å²) in [6, 6.07) is 30.3. The van der Waals surface area contributed by atoms with Crippen LogP contribution in [0.3, 0.4) is 0 Å². The van der Waals surface area contributed by atoms with Gasteiger partial charge in [0.1, 0.15) is 11.6 Å². The van der Waals surface area contributed by atoms with Crippen molar-refractivity contribution in [3.8, 4) is 0 Å². The van der Waals surface area contributed by atoms with Gasteiger partial charge in [-0.1, -0.05) is 56.3 Å². The molecule has 4 fully saturated rings. The van der Waals surface area contributed by atoms with E-state index in [0.717, 1.165) is 128 Å². The average Bonchev–Trinajstić information content (AvgIpc) is 3.33. The van der Waals surface area contributed by atoms with Gasteiger partial charge >= 0.3 is 0 Å². The van der Waals surface area contributed by atoms with E-state index in [0.29, 0.717) is 18.0 Å². The summed E-state index contributed by atoms with van der Waals surface area (Å²) in [7, 11) is 0. The van der Waals surface area contributed by atoms with Crippen LogP contribution in [0.4, 0.5) is 34.9 Å². The molecular weight excluding hydrogens is 751 g/mol. The molecule has 4 aliphatic heterocycles. The van der Waals surface area contributed by atoms with Gasteiger partial charge in [0.05, 0.1) is 31.9 Å². The largest absolute Gasteiger partial charge is 0.378 e. The molecule has 318 valence electrons. The zero-order chi connectivity index (χ0) is 40.9. The Hall–Kier alpha value is -5.79. The Balaban J connectivity index is 0.000000193. The number of pyridine rings is 1. The third kappa shape index (κ3) is 10.1. The van der Waals surface area contributed by atoms with Crippen LogP contribution in [0.25, 0.3) is 21.7 Å². The Bertz CT molecular complexity index is 2110. The fourth-order valence-corrected chi connectivity index (χ4v) is 8.61. The minimum atomic E-state index is 0. The van der Waals surface area contributed by atoms with Crippen LogP contribution in [0.2, 0.25) is 0 Å². The third-order valence-electron chi connectivity index (χ3n) is 11.5. The minimum Gasteiger partial charge on any atom is -0.378 e. The first kappa shape index (κ1) is 41.0. The first-order chi connectivity index (χ1) is 29.7. The molecule has 3 aromatic carbocycles. The molecule has 0 unspecified atom stereocenters. The van der Waals surface area contributed by atoms with E-state index in [4.69, 9.17) is 19.4 Å². The van der Waals surface area contributed by atoms with Crippen LogP contribution in [0.1, 0.15) is 42.4 Å². The van der Waals surface area contributed by atoms with E-state index in [2.05, 4.69) is 112 Å². The number of piperidine rings is 2. The Kier molecular flexibility index (Phi) is 14.0. The number of hydrogen-bond donors (Lipinski definition) is 2. The molecule has 7 heterocycles. The first-order valence-corrected chi connectivity index (χ1v) is 21.9. The lowest BCUT2D eigenvalue weighted by atomic mass is 10.0. The van der Waals surface area contributed by atoms with Gasteiger partial charge < -0.3 is 39.7 Å². The highest BCUT2D eigenvalue weighted by atomic mass is 16.5. The number of morpholine rings is 2. The predicted molar refractivity (Wildman–Crippen MR) is 249 cm³/mol. The summed E-state index contributed by atoms with van der Waals surface area (Å²) < 4.78 is 10.9. The van der Waals surface area contributed by atoms with Gasteiger partial charge in [-0.2, -0.15) is 9.97 Å². The quantitative estimate of drug-likeness (QED) is 0.155. The van der Waals surface area contributed by atoms with Crippen molar-refractivity contribution in [3.05, 3.63) is 104 Å². The van der Waals surface area contributed by atoms with Gasteiger partial charge in [0, 0.05) is 108 Å². The molecule has 0 radical (unpaired) electrons. The van der Waals surface area contributed by atoms with Gasteiger partial charge in [0.2, 0.25) is 11.9 Å². The maximum absolute atomic E-state index is 5.45. The third-order valence-corrected chi connectivity index (χ3v) is 11.5. The summed E-state index contributed by atoms with van der Waals surface area (Å²) in [5.74, 6) is 3.38. The van der Waals surface area contributed by atoms with Gasteiger partial charge in [-0.05, 0) is 73.5 Å². The highest BCUT2D eigenvalue weighted by Crippen LogP contribution is 2.31. The molecule has 0 amide bonds.